The van der Waals surface area contributed by atoms with Crippen LogP contribution in [0.1, 0.15) is 24.4 Å². The summed E-state index contributed by atoms with van der Waals surface area (Å²) in [7, 11) is 7.73. The Morgan fingerprint density at radius 1 is 0.789 bits per heavy atom. The highest BCUT2D eigenvalue weighted by molar-refractivity contribution is 6.00. The first-order chi connectivity index (χ1) is 18.4. The van der Waals surface area contributed by atoms with Gasteiger partial charge in [-0.1, -0.05) is 12.1 Å². The molecule has 0 spiro atoms. The van der Waals surface area contributed by atoms with Crippen LogP contribution >= 0.6 is 0 Å². The third-order valence-corrected chi connectivity index (χ3v) is 6.67. The van der Waals surface area contributed by atoms with Crippen molar-refractivity contribution in [2.45, 2.75) is 18.9 Å². The van der Waals surface area contributed by atoms with Crippen LogP contribution in [0, 0.1) is 5.92 Å². The standard InChI is InChI=1S/C29H32N2O7/c1-34-21-10-6-18(7-11-21)27-23(14-15-26(32)31(27)20-8-12-22(35-2)13-9-20)29(33)30-19-16-24(36-3)28(38-5)25(17-19)37-4/h6-13,16-17,23,27H,14-15H2,1-5H3,(H,30,33)/t23-,27-/m1/s1. The molecule has 0 unspecified atom stereocenters. The van der Waals surface area contributed by atoms with Gasteiger partial charge in [-0.2, -0.15) is 0 Å². The highest BCUT2D eigenvalue weighted by Crippen LogP contribution is 2.43. The fourth-order valence-electron chi connectivity index (χ4n) is 4.78. The quantitative estimate of drug-likeness (QED) is 0.431. The zero-order chi connectivity index (χ0) is 27.2. The van der Waals surface area contributed by atoms with Crippen molar-refractivity contribution >= 4 is 23.2 Å². The maximum atomic E-state index is 13.8. The van der Waals surface area contributed by atoms with Gasteiger partial charge in [0.25, 0.3) is 0 Å². The van der Waals surface area contributed by atoms with Crippen molar-refractivity contribution in [3.8, 4) is 28.7 Å². The number of methoxy groups -OCH3 is 5. The van der Waals surface area contributed by atoms with Crippen LogP contribution < -0.4 is 33.9 Å². The van der Waals surface area contributed by atoms with E-state index in [-0.39, 0.29) is 18.2 Å². The van der Waals surface area contributed by atoms with E-state index >= 15 is 0 Å². The third-order valence-electron chi connectivity index (χ3n) is 6.67. The molecule has 1 heterocycles. The lowest BCUT2D eigenvalue weighted by atomic mass is 9.83. The number of hydrogen-bond donors (Lipinski definition) is 1. The van der Waals surface area contributed by atoms with E-state index in [0.29, 0.717) is 46.5 Å². The Morgan fingerprint density at radius 3 is 1.84 bits per heavy atom. The summed E-state index contributed by atoms with van der Waals surface area (Å²) in [5, 5.41) is 3.00. The lowest BCUT2D eigenvalue weighted by Gasteiger charge is -2.41. The molecule has 2 atom stereocenters. The smallest absolute Gasteiger partial charge is 0.229 e. The Kier molecular flexibility index (Phi) is 8.25. The minimum atomic E-state index is -0.544. The molecule has 38 heavy (non-hydrogen) atoms. The zero-order valence-electron chi connectivity index (χ0n) is 22.1. The highest BCUT2D eigenvalue weighted by Gasteiger charge is 2.41. The first kappa shape index (κ1) is 26.7. The summed E-state index contributed by atoms with van der Waals surface area (Å²) >= 11 is 0. The van der Waals surface area contributed by atoms with Crippen molar-refractivity contribution in [3.63, 3.8) is 0 Å². The minimum absolute atomic E-state index is 0.0622. The van der Waals surface area contributed by atoms with Gasteiger partial charge >= 0.3 is 0 Å². The largest absolute Gasteiger partial charge is 0.497 e. The second kappa shape index (κ2) is 11.8. The van der Waals surface area contributed by atoms with Gasteiger partial charge in [-0.25, -0.2) is 0 Å². The molecule has 0 aromatic heterocycles. The summed E-state index contributed by atoms with van der Waals surface area (Å²) < 4.78 is 26.9. The van der Waals surface area contributed by atoms with Gasteiger partial charge in [0.05, 0.1) is 47.5 Å². The molecule has 1 aliphatic heterocycles. The minimum Gasteiger partial charge on any atom is -0.497 e. The van der Waals surface area contributed by atoms with E-state index in [4.69, 9.17) is 23.7 Å². The molecule has 0 aliphatic carbocycles. The Hall–Kier alpha value is -4.40. The van der Waals surface area contributed by atoms with Crippen LogP contribution in [0.15, 0.2) is 60.7 Å². The second-order valence-corrected chi connectivity index (χ2v) is 8.73. The van der Waals surface area contributed by atoms with E-state index in [0.717, 1.165) is 5.56 Å². The number of rotatable bonds is 9. The monoisotopic (exact) mass is 520 g/mol. The summed E-state index contributed by atoms with van der Waals surface area (Å²) in [4.78, 5) is 28.8. The van der Waals surface area contributed by atoms with Crippen molar-refractivity contribution < 1.29 is 33.3 Å². The number of hydrogen-bond acceptors (Lipinski definition) is 7. The third kappa shape index (κ3) is 5.32. The molecule has 3 aromatic rings. The molecule has 2 amide bonds. The Labute approximate surface area is 222 Å². The molecule has 0 saturated carbocycles. The first-order valence-electron chi connectivity index (χ1n) is 12.1. The molecule has 1 fully saturated rings. The van der Waals surface area contributed by atoms with E-state index in [2.05, 4.69) is 5.32 Å². The second-order valence-electron chi connectivity index (χ2n) is 8.73. The van der Waals surface area contributed by atoms with Crippen molar-refractivity contribution in [1.82, 2.24) is 0 Å². The SMILES string of the molecule is COc1ccc([C@@H]2[C@H](C(=O)Nc3cc(OC)c(OC)c(OC)c3)CCC(=O)N2c2ccc(OC)cc2)cc1. The van der Waals surface area contributed by atoms with E-state index in [1.165, 1.54) is 21.3 Å². The van der Waals surface area contributed by atoms with Gasteiger partial charge in [-0.3, -0.25) is 9.59 Å². The van der Waals surface area contributed by atoms with E-state index < -0.39 is 12.0 Å². The molecule has 0 radical (unpaired) electrons. The molecule has 1 aliphatic rings. The predicted molar refractivity (Wildman–Crippen MR) is 144 cm³/mol. The summed E-state index contributed by atoms with van der Waals surface area (Å²) in [6.45, 7) is 0. The average molecular weight is 521 g/mol. The molecule has 1 N–H and O–H groups in total. The maximum absolute atomic E-state index is 13.8. The summed E-state index contributed by atoms with van der Waals surface area (Å²) in [5.41, 5.74) is 1.99. The van der Waals surface area contributed by atoms with Crippen LogP contribution in [0.4, 0.5) is 11.4 Å². The summed E-state index contributed by atoms with van der Waals surface area (Å²) in [5.74, 6) is 1.81. The van der Waals surface area contributed by atoms with Gasteiger partial charge in [-0.05, 0) is 48.4 Å². The lowest BCUT2D eigenvalue weighted by Crippen LogP contribution is -2.46. The van der Waals surface area contributed by atoms with Crippen molar-refractivity contribution in [2.24, 2.45) is 5.92 Å². The molecule has 0 bridgehead atoms. The van der Waals surface area contributed by atoms with E-state index in [1.807, 2.05) is 36.4 Å². The number of benzene rings is 3. The number of piperidine rings is 1. The predicted octanol–water partition coefficient (Wildman–Crippen LogP) is 4.85. The topological polar surface area (TPSA) is 95.6 Å². The van der Waals surface area contributed by atoms with Gasteiger partial charge in [0.2, 0.25) is 17.6 Å². The van der Waals surface area contributed by atoms with Crippen molar-refractivity contribution in [3.05, 3.63) is 66.2 Å². The number of amides is 2. The summed E-state index contributed by atoms with van der Waals surface area (Å²) in [6.07, 6.45) is 0.616. The van der Waals surface area contributed by atoms with Crippen LogP contribution in [-0.2, 0) is 9.59 Å². The molecule has 3 aromatic carbocycles. The molecule has 9 nitrogen and oxygen atoms in total. The zero-order valence-corrected chi connectivity index (χ0v) is 22.1. The average Bonchev–Trinajstić information content (AvgIpc) is 2.96. The van der Waals surface area contributed by atoms with Crippen LogP contribution in [-0.4, -0.2) is 47.4 Å². The van der Waals surface area contributed by atoms with Crippen LogP contribution in [0.2, 0.25) is 0 Å². The molecule has 4 rings (SSSR count). The number of carbonyl (C=O) groups is 2. The van der Waals surface area contributed by atoms with Gasteiger partial charge in [0.15, 0.2) is 11.5 Å². The van der Waals surface area contributed by atoms with Crippen molar-refractivity contribution in [1.29, 1.82) is 0 Å². The molecular weight excluding hydrogens is 488 g/mol. The number of nitrogens with one attached hydrogen (secondary N) is 1. The number of anilines is 2. The van der Waals surface area contributed by atoms with E-state index in [9.17, 15) is 9.59 Å². The highest BCUT2D eigenvalue weighted by atomic mass is 16.5. The van der Waals surface area contributed by atoms with Gasteiger partial charge in [0.1, 0.15) is 11.5 Å². The summed E-state index contributed by atoms with van der Waals surface area (Å²) in [6, 6.07) is 17.5. The van der Waals surface area contributed by atoms with Crippen LogP contribution in [0.25, 0.3) is 0 Å². The number of carbonyl (C=O) groups excluding carboxylic acids is 2. The molecule has 9 heteroatoms. The fraction of sp³-hybridized carbons (Fsp3) is 0.310. The lowest BCUT2D eigenvalue weighted by molar-refractivity contribution is -0.125. The number of ether oxygens (including phenoxy) is 5. The Bertz CT molecular complexity index is 1250. The van der Waals surface area contributed by atoms with Gasteiger partial charge in [0, 0.05) is 29.9 Å². The molecule has 1 saturated heterocycles. The van der Waals surface area contributed by atoms with Gasteiger partial charge in [-0.15, -0.1) is 0 Å². The normalized spacial score (nSPS) is 17.0. The first-order valence-corrected chi connectivity index (χ1v) is 12.1. The van der Waals surface area contributed by atoms with Crippen molar-refractivity contribution in [2.75, 3.05) is 45.8 Å². The Morgan fingerprint density at radius 2 is 1.34 bits per heavy atom. The fourth-order valence-corrected chi connectivity index (χ4v) is 4.78. The van der Waals surface area contributed by atoms with Crippen LogP contribution in [0.5, 0.6) is 28.7 Å². The molecule has 200 valence electrons. The number of nitrogens with zero attached hydrogens (tertiary/aromatic N) is 1. The van der Waals surface area contributed by atoms with E-state index in [1.54, 1.807) is 43.4 Å². The van der Waals surface area contributed by atoms with Gasteiger partial charge < -0.3 is 33.9 Å². The van der Waals surface area contributed by atoms with Crippen LogP contribution in [0.3, 0.4) is 0 Å². The molecular formula is C29H32N2O7. The maximum Gasteiger partial charge on any atom is 0.229 e. The Balaban J connectivity index is 1.73.